The van der Waals surface area contributed by atoms with Crippen LogP contribution in [0.25, 0.3) is 16.7 Å². The molecule has 0 spiro atoms. The fourth-order valence-corrected chi connectivity index (χ4v) is 3.95. The average molecular weight is 457 g/mol. The molecule has 6 heterocycles. The molecule has 2 aromatic heterocycles. The number of amides is 1. The van der Waals surface area contributed by atoms with Crippen molar-refractivity contribution in [3.05, 3.63) is 78.1 Å². The van der Waals surface area contributed by atoms with Gasteiger partial charge in [0.05, 0.1) is 36.5 Å². The van der Waals surface area contributed by atoms with Gasteiger partial charge in [0.2, 0.25) is 0 Å². The quantitative estimate of drug-likeness (QED) is 0.441. The van der Waals surface area contributed by atoms with Crippen LogP contribution in [0.1, 0.15) is 28.8 Å². The summed E-state index contributed by atoms with van der Waals surface area (Å²) in [6.45, 7) is 1.17. The summed E-state index contributed by atoms with van der Waals surface area (Å²) in [7, 11) is 0. The summed E-state index contributed by atoms with van der Waals surface area (Å²) in [6.07, 6.45) is 6.18. The third-order valence-corrected chi connectivity index (χ3v) is 5.71. The van der Waals surface area contributed by atoms with E-state index < -0.39 is 11.9 Å². The Bertz CT molecular complexity index is 1320. The first-order valence-corrected chi connectivity index (χ1v) is 11.2. The number of nitrogens with zero attached hydrogens (tertiary/aromatic N) is 3. The summed E-state index contributed by atoms with van der Waals surface area (Å²) in [5, 5.41) is 8.15. The van der Waals surface area contributed by atoms with Gasteiger partial charge in [0.15, 0.2) is 5.82 Å². The first-order chi connectivity index (χ1) is 16.7. The zero-order valence-electron chi connectivity index (χ0n) is 18.5. The molecule has 8 nitrogen and oxygen atoms in total. The summed E-state index contributed by atoms with van der Waals surface area (Å²) < 4.78 is 13.3. The maximum Gasteiger partial charge on any atom is 0.255 e. The van der Waals surface area contributed by atoms with Gasteiger partial charge in [-0.3, -0.25) is 4.79 Å². The number of hydrogen-bond acceptors (Lipinski definition) is 6. The van der Waals surface area contributed by atoms with Gasteiger partial charge in [0.1, 0.15) is 17.8 Å². The van der Waals surface area contributed by atoms with E-state index in [1.165, 1.54) is 0 Å². The molecule has 0 aliphatic carbocycles. The van der Waals surface area contributed by atoms with Crippen LogP contribution in [0.4, 0.5) is 0 Å². The lowest BCUT2D eigenvalue weighted by Gasteiger charge is -2.15. The second-order valence-electron chi connectivity index (χ2n) is 8.12. The van der Waals surface area contributed by atoms with Gasteiger partial charge in [-0.1, -0.05) is 12.1 Å². The summed E-state index contributed by atoms with van der Waals surface area (Å²) in [5.41, 5.74) is 2.05. The Morgan fingerprint density at radius 2 is 1.76 bits per heavy atom. The third kappa shape index (κ3) is 4.61. The van der Waals surface area contributed by atoms with Gasteiger partial charge in [0.25, 0.3) is 5.91 Å². The second-order valence-corrected chi connectivity index (χ2v) is 8.12. The molecule has 34 heavy (non-hydrogen) atoms. The van der Waals surface area contributed by atoms with Crippen LogP contribution in [0.3, 0.4) is 0 Å². The van der Waals surface area contributed by atoms with Gasteiger partial charge >= 0.3 is 0 Å². The predicted molar refractivity (Wildman–Crippen MR) is 127 cm³/mol. The molecule has 0 saturated heterocycles. The van der Waals surface area contributed by atoms with E-state index in [1.54, 1.807) is 29.2 Å². The van der Waals surface area contributed by atoms with Crippen LogP contribution in [-0.4, -0.2) is 46.2 Å². The predicted octanol–water partition coefficient (Wildman–Crippen LogP) is 3.51. The molecule has 172 valence electrons. The number of carbonyl (C=O) groups excluding carboxylic acids is 2. The van der Waals surface area contributed by atoms with Gasteiger partial charge in [-0.2, -0.15) is 5.10 Å². The van der Waals surface area contributed by atoms with Crippen LogP contribution < -0.4 is 14.8 Å². The van der Waals surface area contributed by atoms with Gasteiger partial charge in [-0.05, 0) is 67.3 Å². The monoisotopic (exact) mass is 456 g/mol. The van der Waals surface area contributed by atoms with Gasteiger partial charge in [0, 0.05) is 11.6 Å². The maximum absolute atomic E-state index is 13.2. The highest BCUT2D eigenvalue weighted by atomic mass is 16.5. The third-order valence-electron chi connectivity index (χ3n) is 5.71. The summed E-state index contributed by atoms with van der Waals surface area (Å²) >= 11 is 0. The smallest absolute Gasteiger partial charge is 0.255 e. The molecule has 0 radical (unpaired) electrons. The van der Waals surface area contributed by atoms with Crippen LogP contribution in [0.2, 0.25) is 0 Å². The van der Waals surface area contributed by atoms with Crippen molar-refractivity contribution in [2.24, 2.45) is 0 Å². The number of benzene rings is 2. The normalized spacial score (nSPS) is 16.8. The lowest BCUT2D eigenvalue weighted by Crippen LogP contribution is -2.38. The molecular formula is C26H24N4O4. The molecule has 4 aromatic rings. The van der Waals surface area contributed by atoms with E-state index >= 15 is 0 Å². The number of aldehydes is 1. The summed E-state index contributed by atoms with van der Waals surface area (Å²) in [6, 6.07) is 15.9. The average Bonchev–Trinajstić information content (AvgIpc) is 3.29. The zero-order valence-corrected chi connectivity index (χ0v) is 18.5. The molecule has 0 fully saturated rings. The minimum Gasteiger partial charge on any atom is -0.494 e. The van der Waals surface area contributed by atoms with E-state index in [9.17, 15) is 9.59 Å². The molecule has 6 bridgehead atoms. The molecule has 4 aliphatic rings. The molecule has 8 rings (SSSR count). The fourth-order valence-electron chi connectivity index (χ4n) is 3.95. The van der Waals surface area contributed by atoms with Gasteiger partial charge in [-0.15, -0.1) is 0 Å². The highest BCUT2D eigenvalue weighted by Gasteiger charge is 2.20. The van der Waals surface area contributed by atoms with Crippen molar-refractivity contribution in [2.45, 2.75) is 25.3 Å². The molecule has 0 saturated carbocycles. The van der Waals surface area contributed by atoms with Crippen molar-refractivity contribution in [1.29, 1.82) is 0 Å². The molecule has 1 amide bonds. The SMILES string of the molecule is O=CC1Cc2ccc(cc2)OCCCCOc2ccc3c(cnn3-c3ncccc3C(=O)N1)c2. The first kappa shape index (κ1) is 21.6. The largest absolute Gasteiger partial charge is 0.494 e. The van der Waals surface area contributed by atoms with Crippen molar-refractivity contribution < 1.29 is 19.1 Å². The number of pyridine rings is 1. The van der Waals surface area contributed by atoms with Crippen molar-refractivity contribution in [3.8, 4) is 17.3 Å². The Morgan fingerprint density at radius 1 is 1.00 bits per heavy atom. The van der Waals surface area contributed by atoms with Crippen molar-refractivity contribution in [2.75, 3.05) is 13.2 Å². The number of rotatable bonds is 1. The Labute approximate surface area is 196 Å². The van der Waals surface area contributed by atoms with E-state index in [4.69, 9.17) is 9.47 Å². The lowest BCUT2D eigenvalue weighted by molar-refractivity contribution is -0.109. The number of carbonyl (C=O) groups is 2. The fraction of sp³-hybridized carbons (Fsp3) is 0.231. The highest BCUT2D eigenvalue weighted by Crippen LogP contribution is 2.24. The standard InChI is InChI=1S/C26H24N4O4/c31-17-20-14-18-5-7-21(8-6-18)33-12-1-2-13-34-22-9-10-24-19(15-22)16-28-30(24)25-23(26(32)29-20)4-3-11-27-25/h3-11,15-17,20H,1-2,12-14H2,(H,29,32). The number of ether oxygens (including phenoxy) is 2. The van der Waals surface area contributed by atoms with E-state index in [0.29, 0.717) is 31.0 Å². The van der Waals surface area contributed by atoms with Crippen molar-refractivity contribution in [1.82, 2.24) is 20.1 Å². The molecule has 1 atom stereocenters. The van der Waals surface area contributed by atoms with Gasteiger partial charge < -0.3 is 19.6 Å². The number of aromatic nitrogens is 3. The van der Waals surface area contributed by atoms with Crippen LogP contribution in [0.15, 0.2) is 67.0 Å². The molecule has 1 N–H and O–H groups in total. The maximum atomic E-state index is 13.2. The number of hydrogen-bond donors (Lipinski definition) is 1. The van der Waals surface area contributed by atoms with Crippen LogP contribution in [-0.2, 0) is 11.2 Å². The Balaban J connectivity index is 1.50. The van der Waals surface area contributed by atoms with Gasteiger partial charge in [-0.25, -0.2) is 9.67 Å². The lowest BCUT2D eigenvalue weighted by atomic mass is 10.1. The van der Waals surface area contributed by atoms with E-state index in [1.807, 2.05) is 42.5 Å². The minimum atomic E-state index is -0.685. The Morgan fingerprint density at radius 3 is 2.56 bits per heavy atom. The van der Waals surface area contributed by atoms with Crippen LogP contribution in [0.5, 0.6) is 11.5 Å². The Kier molecular flexibility index (Phi) is 6.20. The van der Waals surface area contributed by atoms with Crippen LogP contribution in [0, 0.1) is 0 Å². The molecule has 8 heteroatoms. The summed E-state index contributed by atoms with van der Waals surface area (Å²) in [5.74, 6) is 1.52. The van der Waals surface area contributed by atoms with Crippen LogP contribution >= 0.6 is 0 Å². The molecule has 2 aromatic carbocycles. The zero-order chi connectivity index (χ0) is 23.3. The molecular weight excluding hydrogens is 432 g/mol. The summed E-state index contributed by atoms with van der Waals surface area (Å²) in [4.78, 5) is 29.3. The highest BCUT2D eigenvalue weighted by molar-refractivity contribution is 5.99. The van der Waals surface area contributed by atoms with E-state index in [-0.39, 0.29) is 0 Å². The molecule has 1 unspecified atom stereocenters. The topological polar surface area (TPSA) is 95.3 Å². The minimum absolute atomic E-state index is 0.328. The van der Waals surface area contributed by atoms with Crippen molar-refractivity contribution >= 4 is 23.1 Å². The van der Waals surface area contributed by atoms with E-state index in [0.717, 1.165) is 47.1 Å². The Hall–Kier alpha value is -4.20. The first-order valence-electron chi connectivity index (χ1n) is 11.2. The number of nitrogens with one attached hydrogen (secondary N) is 1. The van der Waals surface area contributed by atoms with E-state index in [2.05, 4.69) is 15.4 Å². The molecule has 4 aliphatic heterocycles. The second kappa shape index (κ2) is 9.74. The van der Waals surface area contributed by atoms with Crippen molar-refractivity contribution in [3.63, 3.8) is 0 Å².